The predicted octanol–water partition coefficient (Wildman–Crippen LogP) is 3.03. The quantitative estimate of drug-likeness (QED) is 0.577. The summed E-state index contributed by atoms with van der Waals surface area (Å²) in [6.45, 7) is 1.95. The van der Waals surface area contributed by atoms with Crippen LogP contribution in [0.4, 0.5) is 5.69 Å². The van der Waals surface area contributed by atoms with Gasteiger partial charge >= 0.3 is 0 Å². The molecule has 0 N–H and O–H groups in total. The van der Waals surface area contributed by atoms with Crippen LogP contribution in [0.5, 0.6) is 0 Å². The van der Waals surface area contributed by atoms with Gasteiger partial charge in [0.25, 0.3) is 5.69 Å². The van der Waals surface area contributed by atoms with Crippen LogP contribution in [0.2, 0.25) is 0 Å². The third-order valence-electron chi connectivity index (χ3n) is 2.08. The number of hydrogen-bond donors (Lipinski definition) is 0. The first-order valence-corrected chi connectivity index (χ1v) is 5.21. The molecule has 0 aliphatic rings. The van der Waals surface area contributed by atoms with Crippen LogP contribution in [-0.2, 0) is 0 Å². The summed E-state index contributed by atoms with van der Waals surface area (Å²) in [6, 6.07) is 6.52. The second-order valence-electron chi connectivity index (χ2n) is 3.06. The molecule has 15 heavy (non-hydrogen) atoms. The van der Waals surface area contributed by atoms with Crippen molar-refractivity contribution in [1.29, 1.82) is 0 Å². The Labute approximate surface area is 90.4 Å². The van der Waals surface area contributed by atoms with Crippen LogP contribution < -0.4 is 0 Å². The zero-order chi connectivity index (χ0) is 10.8. The average molecular weight is 220 g/mol. The number of nitrogens with zero attached hydrogens (tertiary/aromatic N) is 2. The van der Waals surface area contributed by atoms with Crippen molar-refractivity contribution in [2.45, 2.75) is 6.92 Å². The number of thiazole rings is 1. The van der Waals surface area contributed by atoms with E-state index >= 15 is 0 Å². The summed E-state index contributed by atoms with van der Waals surface area (Å²) in [6.07, 6.45) is 0. The lowest BCUT2D eigenvalue weighted by molar-refractivity contribution is -0.384. The molecule has 0 spiro atoms. The van der Waals surface area contributed by atoms with Gasteiger partial charge in [0.2, 0.25) is 0 Å². The first-order valence-electron chi connectivity index (χ1n) is 4.33. The summed E-state index contributed by atoms with van der Waals surface area (Å²) >= 11 is 1.53. The highest BCUT2D eigenvalue weighted by Crippen LogP contribution is 2.27. The predicted molar refractivity (Wildman–Crippen MR) is 58.9 cm³/mol. The molecule has 0 saturated carbocycles. The Bertz CT molecular complexity index is 508. The SMILES string of the molecule is Cc1scnc1-c1cccc([N+](=O)[O-])c1. The van der Waals surface area contributed by atoms with Crippen molar-refractivity contribution in [2.24, 2.45) is 0 Å². The van der Waals surface area contributed by atoms with Crippen LogP contribution in [-0.4, -0.2) is 9.91 Å². The minimum Gasteiger partial charge on any atom is -0.258 e. The summed E-state index contributed by atoms with van der Waals surface area (Å²) < 4.78 is 0. The maximum absolute atomic E-state index is 10.6. The van der Waals surface area contributed by atoms with Crippen molar-refractivity contribution in [3.05, 3.63) is 44.8 Å². The summed E-state index contributed by atoms with van der Waals surface area (Å²) in [5, 5.41) is 10.6. The van der Waals surface area contributed by atoms with E-state index in [1.165, 1.54) is 17.4 Å². The van der Waals surface area contributed by atoms with Crippen LogP contribution >= 0.6 is 11.3 Å². The highest BCUT2D eigenvalue weighted by molar-refractivity contribution is 7.10. The van der Waals surface area contributed by atoms with Crippen molar-refractivity contribution in [2.75, 3.05) is 0 Å². The van der Waals surface area contributed by atoms with Crippen molar-refractivity contribution in [3.63, 3.8) is 0 Å². The Morgan fingerprint density at radius 3 is 2.87 bits per heavy atom. The molecule has 2 rings (SSSR count). The molecule has 0 unspecified atom stereocenters. The van der Waals surface area contributed by atoms with Gasteiger partial charge in [0.05, 0.1) is 16.1 Å². The van der Waals surface area contributed by atoms with Crippen LogP contribution in [0.1, 0.15) is 4.88 Å². The molecule has 0 fully saturated rings. The number of nitro benzene ring substituents is 1. The largest absolute Gasteiger partial charge is 0.270 e. The molecular formula is C10H8N2O2S. The Kier molecular flexibility index (Phi) is 2.47. The standard InChI is InChI=1S/C10H8N2O2S/c1-7-10(11-6-15-7)8-3-2-4-9(5-8)12(13)14/h2-6H,1H3. The van der Waals surface area contributed by atoms with Crippen molar-refractivity contribution >= 4 is 17.0 Å². The molecule has 1 aromatic carbocycles. The number of non-ortho nitro benzene ring substituents is 1. The third kappa shape index (κ3) is 1.87. The van der Waals surface area contributed by atoms with Gasteiger partial charge in [-0.3, -0.25) is 10.1 Å². The van der Waals surface area contributed by atoms with Crippen molar-refractivity contribution < 1.29 is 4.92 Å². The van der Waals surface area contributed by atoms with Gasteiger partial charge in [-0.2, -0.15) is 0 Å². The first-order chi connectivity index (χ1) is 7.18. The second-order valence-corrected chi connectivity index (χ2v) is 4.12. The van der Waals surface area contributed by atoms with Gasteiger partial charge in [-0.25, -0.2) is 4.98 Å². The zero-order valence-electron chi connectivity index (χ0n) is 8.01. The molecule has 1 aromatic heterocycles. The molecule has 0 saturated heterocycles. The van der Waals surface area contributed by atoms with E-state index < -0.39 is 4.92 Å². The van der Waals surface area contributed by atoms with Gasteiger partial charge in [0.15, 0.2) is 0 Å². The van der Waals surface area contributed by atoms with Crippen molar-refractivity contribution in [1.82, 2.24) is 4.98 Å². The number of nitro groups is 1. The average Bonchev–Trinajstić information content (AvgIpc) is 2.64. The minimum absolute atomic E-state index is 0.0971. The normalized spacial score (nSPS) is 10.2. The molecule has 0 bridgehead atoms. The molecule has 0 aliphatic carbocycles. The number of aromatic nitrogens is 1. The van der Waals surface area contributed by atoms with E-state index in [1.54, 1.807) is 17.6 Å². The van der Waals surface area contributed by atoms with E-state index in [2.05, 4.69) is 4.98 Å². The summed E-state index contributed by atoms with van der Waals surface area (Å²) in [7, 11) is 0. The summed E-state index contributed by atoms with van der Waals surface area (Å²) in [5.41, 5.74) is 3.45. The fourth-order valence-corrected chi connectivity index (χ4v) is 1.95. The summed E-state index contributed by atoms with van der Waals surface area (Å²) in [4.78, 5) is 15.4. The van der Waals surface area contributed by atoms with Crippen LogP contribution in [0.25, 0.3) is 11.3 Å². The fourth-order valence-electron chi connectivity index (χ4n) is 1.35. The third-order valence-corrected chi connectivity index (χ3v) is 2.83. The highest BCUT2D eigenvalue weighted by atomic mass is 32.1. The second kappa shape index (κ2) is 3.78. The molecule has 76 valence electrons. The van der Waals surface area contributed by atoms with E-state index in [9.17, 15) is 10.1 Å². The molecule has 1 heterocycles. The molecular weight excluding hydrogens is 212 g/mol. The number of rotatable bonds is 2. The minimum atomic E-state index is -0.398. The lowest BCUT2D eigenvalue weighted by Gasteiger charge is -1.98. The number of benzene rings is 1. The maximum Gasteiger partial charge on any atom is 0.270 e. The Morgan fingerprint density at radius 2 is 2.27 bits per heavy atom. The molecule has 0 atom stereocenters. The smallest absolute Gasteiger partial charge is 0.258 e. The van der Waals surface area contributed by atoms with E-state index in [4.69, 9.17) is 0 Å². The fraction of sp³-hybridized carbons (Fsp3) is 0.100. The monoisotopic (exact) mass is 220 g/mol. The lowest BCUT2D eigenvalue weighted by atomic mass is 10.1. The van der Waals surface area contributed by atoms with E-state index in [0.29, 0.717) is 0 Å². The zero-order valence-corrected chi connectivity index (χ0v) is 8.82. The number of aryl methyl sites for hydroxylation is 1. The number of hydrogen-bond acceptors (Lipinski definition) is 4. The van der Waals surface area contributed by atoms with E-state index in [1.807, 2.05) is 13.0 Å². The molecule has 4 nitrogen and oxygen atoms in total. The van der Waals surface area contributed by atoms with Gasteiger partial charge in [-0.15, -0.1) is 11.3 Å². The van der Waals surface area contributed by atoms with E-state index in [0.717, 1.165) is 16.1 Å². The molecule has 2 aromatic rings. The van der Waals surface area contributed by atoms with Crippen molar-refractivity contribution in [3.8, 4) is 11.3 Å². The molecule has 0 amide bonds. The molecule has 0 radical (unpaired) electrons. The van der Waals surface area contributed by atoms with Gasteiger partial charge in [0, 0.05) is 22.6 Å². The van der Waals surface area contributed by atoms with Gasteiger partial charge in [-0.1, -0.05) is 12.1 Å². The Morgan fingerprint density at radius 1 is 1.47 bits per heavy atom. The van der Waals surface area contributed by atoms with Gasteiger partial charge in [0.1, 0.15) is 0 Å². The van der Waals surface area contributed by atoms with Crippen LogP contribution in [0.3, 0.4) is 0 Å². The van der Waals surface area contributed by atoms with Gasteiger partial charge in [-0.05, 0) is 6.92 Å². The molecule has 5 heteroatoms. The van der Waals surface area contributed by atoms with Crippen LogP contribution in [0, 0.1) is 17.0 Å². The highest BCUT2D eigenvalue weighted by Gasteiger charge is 2.09. The van der Waals surface area contributed by atoms with Gasteiger partial charge < -0.3 is 0 Å². The summed E-state index contributed by atoms with van der Waals surface area (Å²) in [5.74, 6) is 0. The van der Waals surface area contributed by atoms with E-state index in [-0.39, 0.29) is 5.69 Å². The lowest BCUT2D eigenvalue weighted by Crippen LogP contribution is -1.88. The first kappa shape index (κ1) is 9.79. The Balaban J connectivity index is 2.50. The Hall–Kier alpha value is -1.75. The maximum atomic E-state index is 10.6. The van der Waals surface area contributed by atoms with Crippen LogP contribution in [0.15, 0.2) is 29.8 Å². The topological polar surface area (TPSA) is 56.0 Å². The molecule has 0 aliphatic heterocycles.